The number of hydrogen-bond acceptors (Lipinski definition) is 4. The van der Waals surface area contributed by atoms with Crippen LogP contribution in [0.4, 0.5) is 0 Å². The Morgan fingerprint density at radius 3 is 2.83 bits per heavy atom. The van der Waals surface area contributed by atoms with Crippen LogP contribution in [-0.2, 0) is 9.53 Å². The molecule has 0 bridgehead atoms. The van der Waals surface area contributed by atoms with Gasteiger partial charge in [0, 0.05) is 19.0 Å². The van der Waals surface area contributed by atoms with Crippen molar-refractivity contribution < 1.29 is 9.53 Å². The Bertz CT molecular complexity index is 265. The fourth-order valence-corrected chi connectivity index (χ4v) is 2.95. The average molecular weight is 255 g/mol. The van der Waals surface area contributed by atoms with Crippen molar-refractivity contribution in [2.45, 2.75) is 32.1 Å². The minimum atomic E-state index is 0.179. The minimum Gasteiger partial charge on any atom is -0.379 e. The monoisotopic (exact) mass is 255 g/mol. The summed E-state index contributed by atoms with van der Waals surface area (Å²) in [5.74, 6) is 1.01. The standard InChI is InChI=1S/C13H25N3O2/c14-5-4-11-2-1-3-12(10-11)13(17)15-16-6-8-18-9-7-16/h11-12H,1-10,14H2,(H,15,17). The Balaban J connectivity index is 1.76. The van der Waals surface area contributed by atoms with Crippen LogP contribution in [0, 0.1) is 11.8 Å². The lowest BCUT2D eigenvalue weighted by molar-refractivity contribution is -0.133. The fourth-order valence-electron chi connectivity index (χ4n) is 2.95. The molecule has 1 aliphatic carbocycles. The van der Waals surface area contributed by atoms with Gasteiger partial charge < -0.3 is 10.5 Å². The van der Waals surface area contributed by atoms with E-state index in [4.69, 9.17) is 10.5 Å². The van der Waals surface area contributed by atoms with E-state index >= 15 is 0 Å². The van der Waals surface area contributed by atoms with E-state index in [2.05, 4.69) is 5.43 Å². The zero-order valence-electron chi connectivity index (χ0n) is 11.1. The SMILES string of the molecule is NCCC1CCCC(C(=O)NN2CCOCC2)C1. The summed E-state index contributed by atoms with van der Waals surface area (Å²) < 4.78 is 5.27. The molecule has 0 spiro atoms. The molecule has 0 aromatic rings. The van der Waals surface area contributed by atoms with Crippen molar-refractivity contribution >= 4 is 5.91 Å². The number of rotatable bonds is 4. The predicted molar refractivity (Wildman–Crippen MR) is 69.7 cm³/mol. The van der Waals surface area contributed by atoms with Gasteiger partial charge in [-0.25, -0.2) is 5.01 Å². The summed E-state index contributed by atoms with van der Waals surface area (Å²) in [6.07, 6.45) is 5.48. The number of hydrazine groups is 1. The van der Waals surface area contributed by atoms with Crippen molar-refractivity contribution in [3.05, 3.63) is 0 Å². The van der Waals surface area contributed by atoms with Gasteiger partial charge in [-0.3, -0.25) is 10.2 Å². The van der Waals surface area contributed by atoms with E-state index in [1.54, 1.807) is 0 Å². The van der Waals surface area contributed by atoms with Gasteiger partial charge in [0.05, 0.1) is 13.2 Å². The van der Waals surface area contributed by atoms with Crippen LogP contribution in [-0.4, -0.2) is 43.8 Å². The maximum atomic E-state index is 12.2. The van der Waals surface area contributed by atoms with E-state index in [0.29, 0.717) is 19.1 Å². The molecule has 2 rings (SSSR count). The molecule has 1 saturated heterocycles. The second-order valence-electron chi connectivity index (χ2n) is 5.38. The summed E-state index contributed by atoms with van der Waals surface area (Å²) in [5, 5.41) is 1.98. The Hall–Kier alpha value is -0.650. The molecular weight excluding hydrogens is 230 g/mol. The third kappa shape index (κ3) is 3.93. The third-order valence-electron chi connectivity index (χ3n) is 4.01. The number of nitrogens with two attached hydrogens (primary N) is 1. The maximum Gasteiger partial charge on any atom is 0.237 e. The number of carbonyl (C=O) groups is 1. The molecule has 0 aromatic heterocycles. The number of amides is 1. The van der Waals surface area contributed by atoms with Gasteiger partial charge in [0.2, 0.25) is 5.91 Å². The molecule has 2 atom stereocenters. The van der Waals surface area contributed by atoms with Crippen molar-refractivity contribution in [1.29, 1.82) is 0 Å². The molecule has 2 fully saturated rings. The zero-order valence-corrected chi connectivity index (χ0v) is 11.1. The summed E-state index contributed by atoms with van der Waals surface area (Å²) in [5.41, 5.74) is 8.64. The average Bonchev–Trinajstić information content (AvgIpc) is 2.40. The molecule has 1 aliphatic heterocycles. The van der Waals surface area contributed by atoms with Gasteiger partial charge in [-0.1, -0.05) is 12.8 Å². The second-order valence-corrected chi connectivity index (χ2v) is 5.38. The van der Waals surface area contributed by atoms with Crippen molar-refractivity contribution in [3.8, 4) is 0 Å². The van der Waals surface area contributed by atoms with Crippen molar-refractivity contribution in [3.63, 3.8) is 0 Å². The zero-order chi connectivity index (χ0) is 12.8. The normalized spacial score (nSPS) is 30.1. The number of carbonyl (C=O) groups excluding carboxylic acids is 1. The highest BCUT2D eigenvalue weighted by molar-refractivity contribution is 5.78. The van der Waals surface area contributed by atoms with Gasteiger partial charge in [-0.05, 0) is 31.7 Å². The van der Waals surface area contributed by atoms with Crippen LogP contribution in [0.5, 0.6) is 0 Å². The Labute approximate surface area is 109 Å². The predicted octanol–water partition coefficient (Wildman–Crippen LogP) is 0.505. The van der Waals surface area contributed by atoms with E-state index in [1.807, 2.05) is 5.01 Å². The lowest BCUT2D eigenvalue weighted by Gasteiger charge is -2.32. The number of hydrogen-bond donors (Lipinski definition) is 2. The van der Waals surface area contributed by atoms with Gasteiger partial charge in [0.25, 0.3) is 0 Å². The molecule has 0 aromatic carbocycles. The van der Waals surface area contributed by atoms with Crippen molar-refractivity contribution in [2.75, 3.05) is 32.8 Å². The molecule has 1 heterocycles. The van der Waals surface area contributed by atoms with Crippen molar-refractivity contribution in [1.82, 2.24) is 10.4 Å². The third-order valence-corrected chi connectivity index (χ3v) is 4.01. The second kappa shape index (κ2) is 7.07. The van der Waals surface area contributed by atoms with E-state index in [9.17, 15) is 4.79 Å². The molecule has 3 N–H and O–H groups in total. The molecule has 5 nitrogen and oxygen atoms in total. The molecule has 1 amide bonds. The fraction of sp³-hybridized carbons (Fsp3) is 0.923. The number of morpholine rings is 1. The van der Waals surface area contributed by atoms with Gasteiger partial charge in [-0.15, -0.1) is 0 Å². The highest BCUT2D eigenvalue weighted by atomic mass is 16.5. The van der Waals surface area contributed by atoms with E-state index in [0.717, 1.165) is 45.3 Å². The van der Waals surface area contributed by atoms with E-state index < -0.39 is 0 Å². The summed E-state index contributed by atoms with van der Waals surface area (Å²) in [6.45, 7) is 3.75. The lowest BCUT2D eigenvalue weighted by Crippen LogP contribution is -2.50. The first-order valence-electron chi connectivity index (χ1n) is 7.13. The van der Waals surface area contributed by atoms with E-state index in [1.165, 1.54) is 6.42 Å². The Kier molecular flexibility index (Phi) is 5.41. The van der Waals surface area contributed by atoms with Crippen LogP contribution >= 0.6 is 0 Å². The summed E-state index contributed by atoms with van der Waals surface area (Å²) >= 11 is 0. The number of nitrogens with zero attached hydrogens (tertiary/aromatic N) is 1. The van der Waals surface area contributed by atoms with Crippen LogP contribution in [0.2, 0.25) is 0 Å². The first-order valence-corrected chi connectivity index (χ1v) is 7.13. The molecule has 18 heavy (non-hydrogen) atoms. The van der Waals surface area contributed by atoms with Crippen LogP contribution in [0.15, 0.2) is 0 Å². The quantitative estimate of drug-likeness (QED) is 0.768. The van der Waals surface area contributed by atoms with Gasteiger partial charge in [-0.2, -0.15) is 0 Å². The van der Waals surface area contributed by atoms with E-state index in [-0.39, 0.29) is 11.8 Å². The van der Waals surface area contributed by atoms with Crippen molar-refractivity contribution in [2.24, 2.45) is 17.6 Å². The molecule has 2 unspecified atom stereocenters. The van der Waals surface area contributed by atoms with Crippen LogP contribution in [0.25, 0.3) is 0 Å². The largest absolute Gasteiger partial charge is 0.379 e. The van der Waals surface area contributed by atoms with Gasteiger partial charge in [0.1, 0.15) is 0 Å². The number of ether oxygens (including phenoxy) is 1. The summed E-state index contributed by atoms with van der Waals surface area (Å²) in [4.78, 5) is 12.2. The van der Waals surface area contributed by atoms with Gasteiger partial charge >= 0.3 is 0 Å². The van der Waals surface area contributed by atoms with Gasteiger partial charge in [0.15, 0.2) is 0 Å². The topological polar surface area (TPSA) is 67.6 Å². The Morgan fingerprint density at radius 2 is 2.11 bits per heavy atom. The number of nitrogens with one attached hydrogen (secondary N) is 1. The molecule has 104 valence electrons. The summed E-state index contributed by atoms with van der Waals surface area (Å²) in [6, 6.07) is 0. The minimum absolute atomic E-state index is 0.179. The summed E-state index contributed by atoms with van der Waals surface area (Å²) in [7, 11) is 0. The molecule has 1 saturated carbocycles. The molecule has 5 heteroatoms. The van der Waals surface area contributed by atoms with Crippen LogP contribution in [0.3, 0.4) is 0 Å². The molecular formula is C13H25N3O2. The lowest BCUT2D eigenvalue weighted by atomic mass is 9.79. The maximum absolute atomic E-state index is 12.2. The van der Waals surface area contributed by atoms with Crippen LogP contribution in [0.1, 0.15) is 32.1 Å². The first-order chi connectivity index (χ1) is 8.79. The Morgan fingerprint density at radius 1 is 1.33 bits per heavy atom. The first kappa shape index (κ1) is 13.8. The smallest absolute Gasteiger partial charge is 0.237 e. The molecule has 2 aliphatic rings. The molecule has 0 radical (unpaired) electrons. The highest BCUT2D eigenvalue weighted by Crippen LogP contribution is 2.30. The highest BCUT2D eigenvalue weighted by Gasteiger charge is 2.28. The van der Waals surface area contributed by atoms with Crippen LogP contribution < -0.4 is 11.2 Å².